The Morgan fingerprint density at radius 1 is 1.35 bits per heavy atom. The van der Waals surface area contributed by atoms with Crippen molar-refractivity contribution >= 4 is 5.91 Å². The zero-order valence-electron chi connectivity index (χ0n) is 12.4. The van der Waals surface area contributed by atoms with Gasteiger partial charge in [0.05, 0.1) is 18.3 Å². The van der Waals surface area contributed by atoms with Crippen LogP contribution in [0.5, 0.6) is 0 Å². The van der Waals surface area contributed by atoms with Crippen LogP contribution >= 0.6 is 0 Å². The van der Waals surface area contributed by atoms with Crippen LogP contribution < -0.4 is 0 Å². The highest BCUT2D eigenvalue weighted by Crippen LogP contribution is 2.25. The number of methoxy groups -OCH3 is 1. The van der Waals surface area contributed by atoms with Gasteiger partial charge in [-0.05, 0) is 39.0 Å². The maximum absolute atomic E-state index is 12.8. The predicted molar refractivity (Wildman–Crippen MR) is 75.8 cm³/mol. The summed E-state index contributed by atoms with van der Waals surface area (Å²) in [4.78, 5) is 19.3. The Hall–Kier alpha value is -1.36. The third kappa shape index (κ3) is 2.24. The van der Waals surface area contributed by atoms with Gasteiger partial charge in [-0.15, -0.1) is 0 Å². The number of hydrogen-bond donors (Lipinski definition) is 0. The van der Waals surface area contributed by atoms with E-state index in [1.165, 1.54) is 6.42 Å². The minimum Gasteiger partial charge on any atom is -0.383 e. The van der Waals surface area contributed by atoms with Crippen molar-refractivity contribution in [1.29, 1.82) is 0 Å². The summed E-state index contributed by atoms with van der Waals surface area (Å²) in [5.41, 5.74) is 1.83. The second kappa shape index (κ2) is 5.56. The summed E-state index contributed by atoms with van der Waals surface area (Å²) in [5.74, 6) is 1.08. The molecule has 20 heavy (non-hydrogen) atoms. The molecule has 1 aromatic rings. The van der Waals surface area contributed by atoms with E-state index in [2.05, 4.69) is 9.55 Å². The highest BCUT2D eigenvalue weighted by Gasteiger charge is 2.33. The minimum atomic E-state index is 0.100. The topological polar surface area (TPSA) is 47.4 Å². The molecule has 0 radical (unpaired) electrons. The van der Waals surface area contributed by atoms with E-state index in [1.807, 2.05) is 11.8 Å². The first kappa shape index (κ1) is 13.6. The smallest absolute Gasteiger partial charge is 0.274 e. The molecule has 0 spiro atoms. The third-order valence-electron chi connectivity index (χ3n) is 4.51. The van der Waals surface area contributed by atoms with Gasteiger partial charge < -0.3 is 14.2 Å². The van der Waals surface area contributed by atoms with Gasteiger partial charge in [-0.3, -0.25) is 4.79 Å². The quantitative estimate of drug-likeness (QED) is 0.846. The number of aryl methyl sites for hydroxylation is 1. The molecule has 0 aliphatic carbocycles. The van der Waals surface area contributed by atoms with E-state index in [0.29, 0.717) is 12.3 Å². The van der Waals surface area contributed by atoms with Crippen LogP contribution in [0.1, 0.15) is 47.7 Å². The van der Waals surface area contributed by atoms with Crippen molar-refractivity contribution in [3.05, 3.63) is 17.2 Å². The van der Waals surface area contributed by atoms with Crippen LogP contribution in [0.3, 0.4) is 0 Å². The number of ether oxygens (including phenoxy) is 1. The second-order valence-corrected chi connectivity index (χ2v) is 5.81. The Morgan fingerprint density at radius 2 is 2.20 bits per heavy atom. The van der Waals surface area contributed by atoms with Crippen molar-refractivity contribution in [2.24, 2.45) is 0 Å². The lowest BCUT2D eigenvalue weighted by Gasteiger charge is -2.24. The number of fused-ring (bicyclic) bond motifs is 1. The average Bonchev–Trinajstić information content (AvgIpc) is 3.04. The zero-order chi connectivity index (χ0) is 14.1. The SMILES string of the molecule is COC[C@H]1CCCN1C(=O)c1nc(C)n2c1CCCC2. The number of imidazole rings is 1. The molecule has 0 bridgehead atoms. The summed E-state index contributed by atoms with van der Waals surface area (Å²) in [6.07, 6.45) is 5.43. The Morgan fingerprint density at radius 3 is 3.00 bits per heavy atom. The van der Waals surface area contributed by atoms with Crippen LogP contribution in [0.4, 0.5) is 0 Å². The molecule has 2 aliphatic heterocycles. The highest BCUT2D eigenvalue weighted by atomic mass is 16.5. The van der Waals surface area contributed by atoms with Gasteiger partial charge in [0.25, 0.3) is 5.91 Å². The molecule has 1 saturated heterocycles. The van der Waals surface area contributed by atoms with E-state index >= 15 is 0 Å². The molecule has 2 aliphatic rings. The van der Waals surface area contributed by atoms with Crippen molar-refractivity contribution in [3.8, 4) is 0 Å². The van der Waals surface area contributed by atoms with E-state index in [0.717, 1.165) is 50.3 Å². The van der Waals surface area contributed by atoms with Gasteiger partial charge in [-0.2, -0.15) is 0 Å². The molecule has 0 aromatic carbocycles. The summed E-state index contributed by atoms with van der Waals surface area (Å²) in [6.45, 7) is 4.46. The molecule has 0 N–H and O–H groups in total. The first-order valence-electron chi connectivity index (χ1n) is 7.58. The van der Waals surface area contributed by atoms with E-state index in [1.54, 1.807) is 7.11 Å². The number of hydrogen-bond acceptors (Lipinski definition) is 3. The number of rotatable bonds is 3. The normalized spacial score (nSPS) is 22.1. The van der Waals surface area contributed by atoms with Crippen LogP contribution in [0.2, 0.25) is 0 Å². The summed E-state index contributed by atoms with van der Waals surface area (Å²) in [7, 11) is 1.70. The van der Waals surface area contributed by atoms with Gasteiger partial charge in [0.15, 0.2) is 0 Å². The molecule has 110 valence electrons. The molecule has 0 saturated carbocycles. The van der Waals surface area contributed by atoms with Gasteiger partial charge in [0, 0.05) is 20.2 Å². The molecule has 5 heteroatoms. The summed E-state index contributed by atoms with van der Waals surface area (Å²) in [6, 6.07) is 0.216. The summed E-state index contributed by atoms with van der Waals surface area (Å²) >= 11 is 0. The molecule has 1 fully saturated rings. The fourth-order valence-electron chi connectivity index (χ4n) is 3.50. The Balaban J connectivity index is 1.87. The van der Waals surface area contributed by atoms with Crippen LogP contribution in [-0.2, 0) is 17.7 Å². The largest absolute Gasteiger partial charge is 0.383 e. The van der Waals surface area contributed by atoms with E-state index in [9.17, 15) is 4.79 Å². The number of nitrogens with zero attached hydrogens (tertiary/aromatic N) is 3. The van der Waals surface area contributed by atoms with Crippen LogP contribution in [-0.4, -0.2) is 46.7 Å². The van der Waals surface area contributed by atoms with Crippen molar-refractivity contribution < 1.29 is 9.53 Å². The standard InChI is InChI=1S/C15H23N3O2/c1-11-16-14(13-7-3-4-8-17(11)13)15(19)18-9-5-6-12(18)10-20-2/h12H,3-10H2,1-2H3/t12-/m1/s1. The van der Waals surface area contributed by atoms with E-state index in [-0.39, 0.29) is 11.9 Å². The fraction of sp³-hybridized carbons (Fsp3) is 0.733. The molecular weight excluding hydrogens is 254 g/mol. The minimum absolute atomic E-state index is 0.100. The van der Waals surface area contributed by atoms with Gasteiger partial charge in [0.1, 0.15) is 11.5 Å². The maximum atomic E-state index is 12.8. The molecule has 1 amide bonds. The number of carbonyl (C=O) groups is 1. The van der Waals surface area contributed by atoms with E-state index < -0.39 is 0 Å². The first-order chi connectivity index (χ1) is 9.72. The molecule has 0 unspecified atom stereocenters. The summed E-state index contributed by atoms with van der Waals surface area (Å²) < 4.78 is 7.46. The molecule has 3 rings (SSSR count). The lowest BCUT2D eigenvalue weighted by molar-refractivity contribution is 0.0624. The maximum Gasteiger partial charge on any atom is 0.274 e. The van der Waals surface area contributed by atoms with Gasteiger partial charge in [-0.1, -0.05) is 0 Å². The highest BCUT2D eigenvalue weighted by molar-refractivity contribution is 5.94. The van der Waals surface area contributed by atoms with Gasteiger partial charge in [-0.25, -0.2) is 4.98 Å². The van der Waals surface area contributed by atoms with Gasteiger partial charge >= 0.3 is 0 Å². The third-order valence-corrected chi connectivity index (χ3v) is 4.51. The van der Waals surface area contributed by atoms with Crippen molar-refractivity contribution in [2.45, 2.75) is 51.6 Å². The number of likely N-dealkylation sites (tertiary alicyclic amines) is 1. The zero-order valence-corrected chi connectivity index (χ0v) is 12.4. The molecular formula is C15H23N3O2. The Bertz CT molecular complexity index is 509. The number of carbonyl (C=O) groups excluding carboxylic acids is 1. The summed E-state index contributed by atoms with van der Waals surface area (Å²) in [5, 5.41) is 0. The first-order valence-corrected chi connectivity index (χ1v) is 7.58. The van der Waals surface area contributed by atoms with E-state index in [4.69, 9.17) is 4.74 Å². The van der Waals surface area contributed by atoms with Crippen LogP contribution in [0.25, 0.3) is 0 Å². The molecule has 5 nitrogen and oxygen atoms in total. The van der Waals surface area contributed by atoms with Gasteiger partial charge in [0.2, 0.25) is 0 Å². The fourth-order valence-corrected chi connectivity index (χ4v) is 3.50. The molecule has 1 aromatic heterocycles. The van der Waals surface area contributed by atoms with Crippen molar-refractivity contribution in [2.75, 3.05) is 20.3 Å². The second-order valence-electron chi connectivity index (χ2n) is 5.81. The number of amides is 1. The average molecular weight is 277 g/mol. The Labute approximate surface area is 119 Å². The number of aromatic nitrogens is 2. The lowest BCUT2D eigenvalue weighted by atomic mass is 10.1. The van der Waals surface area contributed by atoms with Crippen LogP contribution in [0, 0.1) is 6.92 Å². The molecule has 1 atom stereocenters. The molecule has 3 heterocycles. The monoisotopic (exact) mass is 277 g/mol. The lowest BCUT2D eigenvalue weighted by Crippen LogP contribution is -2.38. The Kier molecular flexibility index (Phi) is 3.78. The van der Waals surface area contributed by atoms with Crippen molar-refractivity contribution in [1.82, 2.24) is 14.5 Å². The van der Waals surface area contributed by atoms with Crippen molar-refractivity contribution in [3.63, 3.8) is 0 Å². The van der Waals surface area contributed by atoms with Crippen LogP contribution in [0.15, 0.2) is 0 Å². The predicted octanol–water partition coefficient (Wildman–Crippen LogP) is 1.78.